The van der Waals surface area contributed by atoms with Crippen molar-refractivity contribution in [3.8, 4) is 0 Å². The zero-order valence-electron chi connectivity index (χ0n) is 14.8. The summed E-state index contributed by atoms with van der Waals surface area (Å²) in [6, 6.07) is 13.6. The van der Waals surface area contributed by atoms with Gasteiger partial charge in [-0.2, -0.15) is 5.10 Å². The van der Waals surface area contributed by atoms with E-state index in [0.29, 0.717) is 0 Å². The van der Waals surface area contributed by atoms with Crippen LogP contribution in [0.2, 0.25) is 0 Å². The number of nitrogens with zero attached hydrogens (tertiary/aromatic N) is 1. The Morgan fingerprint density at radius 2 is 1.93 bits per heavy atom. The topological polar surface area (TPSA) is 86.3 Å². The van der Waals surface area contributed by atoms with Gasteiger partial charge >= 0.3 is 0 Å². The fourth-order valence-corrected chi connectivity index (χ4v) is 3.28. The molecule has 0 saturated heterocycles. The Bertz CT molecular complexity index is 1010. The smallest absolute Gasteiger partial charge is 0.240 e. The van der Waals surface area contributed by atoms with E-state index in [2.05, 4.69) is 43.4 Å². The molecule has 3 N–H and O–H groups in total. The quantitative estimate of drug-likeness (QED) is 0.287. The van der Waals surface area contributed by atoms with Crippen LogP contribution in [-0.2, 0) is 9.59 Å². The molecule has 27 heavy (non-hydrogen) atoms. The van der Waals surface area contributed by atoms with Crippen LogP contribution in [0.4, 0.5) is 5.69 Å². The normalized spacial score (nSPS) is 11.0. The second-order valence-electron chi connectivity index (χ2n) is 6.09. The number of aryl methyl sites for hydroxylation is 1. The highest BCUT2D eigenvalue weighted by Crippen LogP contribution is 2.18. The average molecular weight is 474 g/mol. The number of hydrogen-bond acceptors (Lipinski definition) is 3. The maximum Gasteiger partial charge on any atom is 0.240 e. The van der Waals surface area contributed by atoms with E-state index in [4.69, 9.17) is 0 Å². The lowest BCUT2D eigenvalue weighted by atomic mass is 10.2. The first-order valence-electron chi connectivity index (χ1n) is 8.47. The number of halogens is 1. The van der Waals surface area contributed by atoms with Crippen LogP contribution < -0.4 is 10.7 Å². The number of nitrogens with one attached hydrogen (secondary N) is 3. The summed E-state index contributed by atoms with van der Waals surface area (Å²) in [7, 11) is 0. The van der Waals surface area contributed by atoms with E-state index in [-0.39, 0.29) is 24.7 Å². The van der Waals surface area contributed by atoms with Crippen LogP contribution in [0.15, 0.2) is 53.8 Å². The lowest BCUT2D eigenvalue weighted by molar-refractivity contribution is -0.124. The SMILES string of the molecule is Cc1cc(I)ccc1NC(=O)CCC(=O)N/N=C\c1c[nH]c2ccccc12. The Kier molecular flexibility index (Phi) is 6.23. The number of benzene rings is 2. The first-order chi connectivity index (χ1) is 13.0. The van der Waals surface area contributed by atoms with E-state index in [1.54, 1.807) is 6.21 Å². The number of carbonyl (C=O) groups is 2. The standard InChI is InChI=1S/C20H19IN4O2/c1-13-10-15(21)6-7-17(13)24-19(26)8-9-20(27)25-23-12-14-11-22-18-5-3-2-4-16(14)18/h2-7,10-12,22H,8-9H2,1H3,(H,24,26)(H,25,27)/b23-12-. The van der Waals surface area contributed by atoms with Crippen molar-refractivity contribution in [1.82, 2.24) is 10.4 Å². The van der Waals surface area contributed by atoms with Crippen molar-refractivity contribution in [3.05, 3.63) is 63.4 Å². The summed E-state index contributed by atoms with van der Waals surface area (Å²) >= 11 is 2.22. The average Bonchev–Trinajstić information content (AvgIpc) is 3.06. The molecule has 1 heterocycles. The van der Waals surface area contributed by atoms with Gasteiger partial charge in [-0.25, -0.2) is 5.43 Å². The van der Waals surface area contributed by atoms with Gasteiger partial charge in [-0.3, -0.25) is 9.59 Å². The molecule has 0 radical (unpaired) electrons. The molecule has 2 amide bonds. The number of H-pyrrole nitrogens is 1. The Balaban J connectivity index is 1.47. The van der Waals surface area contributed by atoms with Crippen molar-refractivity contribution in [2.45, 2.75) is 19.8 Å². The molecule has 3 rings (SSSR count). The summed E-state index contributed by atoms with van der Waals surface area (Å²) in [5, 5.41) is 7.83. The molecule has 3 aromatic rings. The number of rotatable bonds is 6. The minimum absolute atomic E-state index is 0.0699. The third kappa shape index (κ3) is 5.16. The Morgan fingerprint density at radius 3 is 2.74 bits per heavy atom. The van der Waals surface area contributed by atoms with Crippen molar-refractivity contribution < 1.29 is 9.59 Å². The van der Waals surface area contributed by atoms with Gasteiger partial charge in [0.25, 0.3) is 0 Å². The molecule has 1 aromatic heterocycles. The number of aromatic amines is 1. The lowest BCUT2D eigenvalue weighted by Crippen LogP contribution is -2.20. The van der Waals surface area contributed by atoms with Gasteiger partial charge in [0.05, 0.1) is 6.21 Å². The number of anilines is 1. The van der Waals surface area contributed by atoms with E-state index in [0.717, 1.165) is 31.3 Å². The molecule has 0 aliphatic rings. The van der Waals surface area contributed by atoms with Gasteiger partial charge in [-0.05, 0) is 59.3 Å². The summed E-state index contributed by atoms with van der Waals surface area (Å²) in [5.74, 6) is -0.504. The zero-order chi connectivity index (χ0) is 19.2. The highest BCUT2D eigenvalue weighted by Gasteiger charge is 2.08. The van der Waals surface area contributed by atoms with E-state index < -0.39 is 0 Å². The third-order valence-electron chi connectivity index (χ3n) is 4.06. The number of hydrogen-bond donors (Lipinski definition) is 3. The van der Waals surface area contributed by atoms with Crippen LogP contribution >= 0.6 is 22.6 Å². The number of aromatic nitrogens is 1. The molecule has 7 heteroatoms. The molecule has 6 nitrogen and oxygen atoms in total. The Hall–Kier alpha value is -2.68. The maximum absolute atomic E-state index is 12.0. The third-order valence-corrected chi connectivity index (χ3v) is 4.73. The summed E-state index contributed by atoms with van der Waals surface area (Å²) in [6.07, 6.45) is 3.59. The minimum Gasteiger partial charge on any atom is -0.361 e. The van der Waals surface area contributed by atoms with Crippen LogP contribution in [0.5, 0.6) is 0 Å². The van der Waals surface area contributed by atoms with Crippen molar-refractivity contribution in [1.29, 1.82) is 0 Å². The fraction of sp³-hybridized carbons (Fsp3) is 0.150. The van der Waals surface area contributed by atoms with Crippen molar-refractivity contribution >= 4 is 57.2 Å². The van der Waals surface area contributed by atoms with Crippen LogP contribution in [0.1, 0.15) is 24.0 Å². The highest BCUT2D eigenvalue weighted by molar-refractivity contribution is 14.1. The van der Waals surface area contributed by atoms with Gasteiger partial charge in [-0.15, -0.1) is 0 Å². The molecule has 2 aromatic carbocycles. The van der Waals surface area contributed by atoms with E-state index in [1.807, 2.05) is 55.6 Å². The Morgan fingerprint density at radius 1 is 1.15 bits per heavy atom. The highest BCUT2D eigenvalue weighted by atomic mass is 127. The van der Waals surface area contributed by atoms with Gasteiger partial charge in [0.1, 0.15) is 0 Å². The second-order valence-corrected chi connectivity index (χ2v) is 7.34. The van der Waals surface area contributed by atoms with Crippen molar-refractivity contribution in [2.75, 3.05) is 5.32 Å². The van der Waals surface area contributed by atoms with Crippen molar-refractivity contribution in [2.24, 2.45) is 5.10 Å². The van der Waals surface area contributed by atoms with E-state index in [9.17, 15) is 9.59 Å². The first kappa shape index (κ1) is 19.1. The van der Waals surface area contributed by atoms with Crippen LogP contribution in [0.25, 0.3) is 10.9 Å². The summed E-state index contributed by atoms with van der Waals surface area (Å²) < 4.78 is 1.11. The van der Waals surface area contributed by atoms with E-state index in [1.165, 1.54) is 0 Å². The molecule has 0 bridgehead atoms. The minimum atomic E-state index is -0.305. The Labute approximate surface area is 170 Å². The predicted molar refractivity (Wildman–Crippen MR) is 116 cm³/mol. The number of hydrazone groups is 1. The molecule has 0 aliphatic heterocycles. The first-order valence-corrected chi connectivity index (χ1v) is 9.55. The van der Waals surface area contributed by atoms with Crippen molar-refractivity contribution in [3.63, 3.8) is 0 Å². The lowest BCUT2D eigenvalue weighted by Gasteiger charge is -2.08. The molecule has 138 valence electrons. The fourth-order valence-electron chi connectivity index (χ4n) is 2.64. The maximum atomic E-state index is 12.0. The number of para-hydroxylation sites is 1. The molecular weight excluding hydrogens is 455 g/mol. The van der Waals surface area contributed by atoms with E-state index >= 15 is 0 Å². The van der Waals surface area contributed by atoms with Gasteiger partial charge in [0.2, 0.25) is 11.8 Å². The predicted octanol–water partition coefficient (Wildman–Crippen LogP) is 3.95. The van der Waals surface area contributed by atoms with Gasteiger partial charge in [0, 0.05) is 44.8 Å². The van der Waals surface area contributed by atoms with Gasteiger partial charge in [0.15, 0.2) is 0 Å². The number of fused-ring (bicyclic) bond motifs is 1. The van der Waals surface area contributed by atoms with Gasteiger partial charge < -0.3 is 10.3 Å². The second kappa shape index (κ2) is 8.81. The summed E-state index contributed by atoms with van der Waals surface area (Å²) in [5.41, 5.74) is 6.10. The molecule has 0 unspecified atom stereocenters. The molecule has 0 aliphatic carbocycles. The zero-order valence-corrected chi connectivity index (χ0v) is 16.9. The van der Waals surface area contributed by atoms with Crippen LogP contribution in [-0.4, -0.2) is 23.0 Å². The van der Waals surface area contributed by atoms with Crippen LogP contribution in [0.3, 0.4) is 0 Å². The van der Waals surface area contributed by atoms with Crippen LogP contribution in [0, 0.1) is 10.5 Å². The molecular formula is C20H19IN4O2. The molecule has 0 atom stereocenters. The van der Waals surface area contributed by atoms with Gasteiger partial charge in [-0.1, -0.05) is 18.2 Å². The monoisotopic (exact) mass is 474 g/mol. The molecule has 0 fully saturated rings. The largest absolute Gasteiger partial charge is 0.361 e. The molecule has 0 saturated carbocycles. The molecule has 0 spiro atoms. The summed E-state index contributed by atoms with van der Waals surface area (Å²) in [4.78, 5) is 27.1. The number of amides is 2. The number of carbonyl (C=O) groups excluding carboxylic acids is 2. The summed E-state index contributed by atoms with van der Waals surface area (Å²) in [6.45, 7) is 1.93.